The molecule has 2 atom stereocenters. The van der Waals surface area contributed by atoms with Gasteiger partial charge in [-0.1, -0.05) is 25.5 Å². The van der Waals surface area contributed by atoms with Crippen molar-refractivity contribution < 1.29 is 14.7 Å². The number of nitrogens with one attached hydrogen (secondary N) is 2. The van der Waals surface area contributed by atoms with Crippen LogP contribution in [0.2, 0.25) is 0 Å². The van der Waals surface area contributed by atoms with Crippen molar-refractivity contribution in [3.05, 3.63) is 29.8 Å². The maximum Gasteiger partial charge on any atom is 0.320 e. The van der Waals surface area contributed by atoms with Crippen molar-refractivity contribution in [1.82, 2.24) is 5.32 Å². The van der Waals surface area contributed by atoms with Crippen LogP contribution in [0.1, 0.15) is 45.2 Å². The second-order valence-electron chi connectivity index (χ2n) is 4.87. The molecule has 0 aromatic heterocycles. The monoisotopic (exact) mass is 278 g/mol. The minimum absolute atomic E-state index is 0.101. The Morgan fingerprint density at radius 3 is 2.60 bits per heavy atom. The average molecular weight is 278 g/mol. The van der Waals surface area contributed by atoms with Gasteiger partial charge in [-0.25, -0.2) is 0 Å². The van der Waals surface area contributed by atoms with Crippen molar-refractivity contribution in [2.24, 2.45) is 0 Å². The third kappa shape index (κ3) is 5.01. The van der Waals surface area contributed by atoms with Crippen LogP contribution < -0.4 is 10.6 Å². The molecule has 0 spiro atoms. The molecule has 20 heavy (non-hydrogen) atoms. The fourth-order valence-corrected chi connectivity index (χ4v) is 2.05. The van der Waals surface area contributed by atoms with Gasteiger partial charge in [0.25, 0.3) is 0 Å². The van der Waals surface area contributed by atoms with Gasteiger partial charge in [-0.3, -0.25) is 14.9 Å². The van der Waals surface area contributed by atoms with Crippen molar-refractivity contribution in [2.75, 3.05) is 5.32 Å². The van der Waals surface area contributed by atoms with Crippen LogP contribution in [0.4, 0.5) is 5.69 Å². The van der Waals surface area contributed by atoms with E-state index in [-0.39, 0.29) is 11.9 Å². The minimum atomic E-state index is -0.836. The summed E-state index contributed by atoms with van der Waals surface area (Å²) in [7, 11) is 0. The molecule has 110 valence electrons. The van der Waals surface area contributed by atoms with Crippen LogP contribution in [0, 0.1) is 0 Å². The zero-order valence-electron chi connectivity index (χ0n) is 12.1. The number of rotatable bonds is 7. The summed E-state index contributed by atoms with van der Waals surface area (Å²) in [4.78, 5) is 22.2. The van der Waals surface area contributed by atoms with Crippen LogP contribution >= 0.6 is 0 Å². The molecule has 2 unspecified atom stereocenters. The molecule has 1 aromatic rings. The van der Waals surface area contributed by atoms with Crippen LogP contribution in [-0.4, -0.2) is 23.0 Å². The first-order valence-corrected chi connectivity index (χ1v) is 6.80. The van der Waals surface area contributed by atoms with Crippen LogP contribution in [0.15, 0.2) is 24.3 Å². The molecule has 1 amide bonds. The molecule has 0 saturated heterocycles. The van der Waals surface area contributed by atoms with Gasteiger partial charge in [0.2, 0.25) is 5.91 Å². The quantitative estimate of drug-likeness (QED) is 0.716. The van der Waals surface area contributed by atoms with Crippen molar-refractivity contribution in [2.45, 2.75) is 45.7 Å². The van der Waals surface area contributed by atoms with Crippen molar-refractivity contribution in [1.29, 1.82) is 0 Å². The number of benzene rings is 1. The Bertz CT molecular complexity index is 474. The summed E-state index contributed by atoms with van der Waals surface area (Å²) in [5, 5.41) is 15.0. The average Bonchev–Trinajstić information content (AvgIpc) is 2.37. The molecule has 0 saturated carbocycles. The number of carboxylic acid groups (broad SMARTS) is 1. The number of hydrogen-bond acceptors (Lipinski definition) is 3. The number of carbonyl (C=O) groups excluding carboxylic acids is 1. The number of hydrogen-bond donors (Lipinski definition) is 3. The summed E-state index contributed by atoms with van der Waals surface area (Å²) in [6.07, 6.45) is 1.40. The van der Waals surface area contributed by atoms with Gasteiger partial charge in [-0.15, -0.1) is 0 Å². The lowest BCUT2D eigenvalue weighted by atomic mass is 10.0. The van der Waals surface area contributed by atoms with E-state index in [1.54, 1.807) is 6.07 Å². The Morgan fingerprint density at radius 1 is 1.35 bits per heavy atom. The number of carbonyl (C=O) groups is 2. The van der Waals surface area contributed by atoms with E-state index in [2.05, 4.69) is 10.6 Å². The summed E-state index contributed by atoms with van der Waals surface area (Å²) in [5.74, 6) is -0.964. The number of aliphatic carboxylic acids is 1. The van der Waals surface area contributed by atoms with E-state index in [1.165, 1.54) is 6.92 Å². The second kappa shape index (κ2) is 7.65. The zero-order valence-corrected chi connectivity index (χ0v) is 12.1. The van der Waals surface area contributed by atoms with Crippen molar-refractivity contribution in [3.8, 4) is 0 Å². The fourth-order valence-electron chi connectivity index (χ4n) is 2.05. The molecule has 5 nitrogen and oxygen atoms in total. The van der Waals surface area contributed by atoms with Crippen LogP contribution in [0.25, 0.3) is 0 Å². The first-order valence-electron chi connectivity index (χ1n) is 6.80. The van der Waals surface area contributed by atoms with E-state index in [0.29, 0.717) is 12.1 Å². The Hall–Kier alpha value is -1.88. The van der Waals surface area contributed by atoms with E-state index in [9.17, 15) is 9.59 Å². The zero-order chi connectivity index (χ0) is 15.1. The van der Waals surface area contributed by atoms with Crippen molar-refractivity contribution in [3.63, 3.8) is 0 Å². The van der Waals surface area contributed by atoms with Gasteiger partial charge in [0.1, 0.15) is 6.04 Å². The van der Waals surface area contributed by atoms with E-state index in [4.69, 9.17) is 5.11 Å². The predicted molar refractivity (Wildman–Crippen MR) is 78.6 cm³/mol. The summed E-state index contributed by atoms with van der Waals surface area (Å²) >= 11 is 0. The molecular formula is C15H22N2O3. The maximum absolute atomic E-state index is 11.1. The molecule has 0 heterocycles. The van der Waals surface area contributed by atoms with E-state index in [1.807, 2.05) is 32.0 Å². The van der Waals surface area contributed by atoms with Gasteiger partial charge in [0, 0.05) is 18.7 Å². The SMILES string of the molecule is CCCC(NC(C)c1cccc(NC(C)=O)c1)C(=O)O. The van der Waals surface area contributed by atoms with E-state index >= 15 is 0 Å². The minimum Gasteiger partial charge on any atom is -0.480 e. The lowest BCUT2D eigenvalue weighted by Gasteiger charge is -2.20. The second-order valence-corrected chi connectivity index (χ2v) is 4.87. The molecule has 1 rings (SSSR count). The normalized spacial score (nSPS) is 13.6. The molecule has 0 radical (unpaired) electrons. The molecule has 5 heteroatoms. The van der Waals surface area contributed by atoms with Gasteiger partial charge in [0.05, 0.1) is 0 Å². The first kappa shape index (κ1) is 16.2. The lowest BCUT2D eigenvalue weighted by molar-refractivity contribution is -0.139. The highest BCUT2D eigenvalue weighted by molar-refractivity contribution is 5.88. The smallest absolute Gasteiger partial charge is 0.320 e. The summed E-state index contributed by atoms with van der Waals surface area (Å²) in [6.45, 7) is 5.33. The largest absolute Gasteiger partial charge is 0.480 e. The fraction of sp³-hybridized carbons (Fsp3) is 0.467. The Morgan fingerprint density at radius 2 is 2.05 bits per heavy atom. The molecule has 0 bridgehead atoms. The van der Waals surface area contributed by atoms with Gasteiger partial charge in [-0.2, -0.15) is 0 Å². The molecule has 0 aliphatic heterocycles. The third-order valence-corrected chi connectivity index (χ3v) is 3.03. The van der Waals surface area contributed by atoms with Crippen LogP contribution in [0.5, 0.6) is 0 Å². The number of anilines is 1. The first-order chi connectivity index (χ1) is 9.43. The summed E-state index contributed by atoms with van der Waals surface area (Å²) in [5.41, 5.74) is 1.66. The maximum atomic E-state index is 11.1. The highest BCUT2D eigenvalue weighted by atomic mass is 16.4. The Labute approximate surface area is 119 Å². The molecule has 3 N–H and O–H groups in total. The molecule has 1 aromatic carbocycles. The van der Waals surface area contributed by atoms with E-state index in [0.717, 1.165) is 12.0 Å². The highest BCUT2D eigenvalue weighted by Crippen LogP contribution is 2.18. The van der Waals surface area contributed by atoms with Gasteiger partial charge in [0.15, 0.2) is 0 Å². The third-order valence-electron chi connectivity index (χ3n) is 3.03. The molecule has 0 fully saturated rings. The highest BCUT2D eigenvalue weighted by Gasteiger charge is 2.19. The summed E-state index contributed by atoms with van der Waals surface area (Å²) < 4.78 is 0. The molecular weight excluding hydrogens is 256 g/mol. The number of amides is 1. The molecule has 0 aliphatic rings. The van der Waals surface area contributed by atoms with Crippen LogP contribution in [0.3, 0.4) is 0 Å². The Kier molecular flexibility index (Phi) is 6.18. The lowest BCUT2D eigenvalue weighted by Crippen LogP contribution is -2.38. The van der Waals surface area contributed by atoms with Crippen molar-refractivity contribution >= 4 is 17.6 Å². The van der Waals surface area contributed by atoms with Gasteiger partial charge in [-0.05, 0) is 31.0 Å². The van der Waals surface area contributed by atoms with Gasteiger partial charge >= 0.3 is 5.97 Å². The number of carboxylic acids is 1. The van der Waals surface area contributed by atoms with Gasteiger partial charge < -0.3 is 10.4 Å². The molecule has 0 aliphatic carbocycles. The van der Waals surface area contributed by atoms with E-state index < -0.39 is 12.0 Å². The Balaban J connectivity index is 2.77. The topological polar surface area (TPSA) is 78.4 Å². The van der Waals surface area contributed by atoms with Crippen LogP contribution in [-0.2, 0) is 9.59 Å². The standard InChI is InChI=1S/C15H22N2O3/c1-4-6-14(15(19)20)16-10(2)12-7-5-8-13(9-12)17-11(3)18/h5,7-10,14,16H,4,6H2,1-3H3,(H,17,18)(H,19,20). The predicted octanol–water partition coefficient (Wildman–Crippen LogP) is 2.55. The summed E-state index contributed by atoms with van der Waals surface area (Å²) in [6, 6.07) is 6.75.